The molecule has 0 saturated carbocycles. The van der Waals surface area contributed by atoms with Gasteiger partial charge in [-0.15, -0.1) is 0 Å². The second-order valence-corrected chi connectivity index (χ2v) is 5.66. The number of amides is 1. The molecule has 3 aromatic rings. The number of carbonyl (C=O) groups excluding carboxylic acids is 1. The molecule has 114 valence electrons. The van der Waals surface area contributed by atoms with Crippen LogP contribution in [0.5, 0.6) is 0 Å². The van der Waals surface area contributed by atoms with Gasteiger partial charge in [-0.3, -0.25) is 9.78 Å². The number of nitrogens with zero attached hydrogens (tertiary/aromatic N) is 1. The first kappa shape index (κ1) is 15.5. The number of rotatable bonds is 3. The summed E-state index contributed by atoms with van der Waals surface area (Å²) in [5.74, 6) is -0.244. The summed E-state index contributed by atoms with van der Waals surface area (Å²) in [6.45, 7) is 0. The van der Waals surface area contributed by atoms with Gasteiger partial charge < -0.3 is 5.32 Å². The van der Waals surface area contributed by atoms with E-state index in [1.54, 1.807) is 42.7 Å². The van der Waals surface area contributed by atoms with Gasteiger partial charge in [-0.2, -0.15) is 0 Å². The molecule has 3 nitrogen and oxygen atoms in total. The molecule has 0 atom stereocenters. The van der Waals surface area contributed by atoms with Crippen molar-refractivity contribution in [1.82, 2.24) is 4.98 Å². The number of nitrogens with one attached hydrogen (secondary N) is 1. The van der Waals surface area contributed by atoms with E-state index in [-0.39, 0.29) is 5.91 Å². The summed E-state index contributed by atoms with van der Waals surface area (Å²) in [7, 11) is 0. The number of anilines is 1. The van der Waals surface area contributed by atoms with Crippen LogP contribution in [0.25, 0.3) is 11.1 Å². The minimum Gasteiger partial charge on any atom is -0.321 e. The van der Waals surface area contributed by atoms with Crippen molar-refractivity contribution in [3.63, 3.8) is 0 Å². The van der Waals surface area contributed by atoms with E-state index in [0.717, 1.165) is 11.1 Å². The third-order valence-electron chi connectivity index (χ3n) is 3.34. The van der Waals surface area contributed by atoms with Gasteiger partial charge in [0, 0.05) is 18.0 Å². The normalized spacial score (nSPS) is 10.3. The van der Waals surface area contributed by atoms with Crippen LogP contribution < -0.4 is 5.32 Å². The zero-order chi connectivity index (χ0) is 16.2. The third kappa shape index (κ3) is 3.52. The molecule has 1 amide bonds. The Labute approximate surface area is 143 Å². The van der Waals surface area contributed by atoms with Gasteiger partial charge in [-0.25, -0.2) is 0 Å². The third-order valence-corrected chi connectivity index (χ3v) is 4.16. The molecule has 0 aliphatic carbocycles. The Balaban J connectivity index is 1.79. The minimum absolute atomic E-state index is 0.244. The van der Waals surface area contributed by atoms with Crippen molar-refractivity contribution in [3.8, 4) is 11.1 Å². The molecule has 0 bridgehead atoms. The van der Waals surface area contributed by atoms with Crippen LogP contribution in [-0.4, -0.2) is 10.9 Å². The summed E-state index contributed by atoms with van der Waals surface area (Å²) >= 11 is 12.0. The number of pyridine rings is 1. The lowest BCUT2D eigenvalue weighted by molar-refractivity contribution is 0.102. The van der Waals surface area contributed by atoms with Gasteiger partial charge in [0.1, 0.15) is 0 Å². The number of benzene rings is 2. The van der Waals surface area contributed by atoms with Crippen LogP contribution >= 0.6 is 23.2 Å². The maximum atomic E-state index is 12.3. The molecule has 23 heavy (non-hydrogen) atoms. The van der Waals surface area contributed by atoms with Crippen LogP contribution in [0.2, 0.25) is 10.0 Å². The summed E-state index contributed by atoms with van der Waals surface area (Å²) < 4.78 is 0. The SMILES string of the molecule is O=C(Nc1cccc(Cl)c1Cl)c1ccc(-c2cccnc2)cc1. The van der Waals surface area contributed by atoms with Crippen LogP contribution in [-0.2, 0) is 0 Å². The number of hydrogen-bond acceptors (Lipinski definition) is 2. The smallest absolute Gasteiger partial charge is 0.255 e. The van der Waals surface area contributed by atoms with Crippen molar-refractivity contribution < 1.29 is 4.79 Å². The first-order valence-electron chi connectivity index (χ1n) is 6.91. The van der Waals surface area contributed by atoms with Gasteiger partial charge in [-0.1, -0.05) is 47.5 Å². The van der Waals surface area contributed by atoms with E-state index in [4.69, 9.17) is 23.2 Å². The Hall–Kier alpha value is -2.36. The van der Waals surface area contributed by atoms with Crippen molar-refractivity contribution in [3.05, 3.63) is 82.6 Å². The fourth-order valence-corrected chi connectivity index (χ4v) is 2.49. The molecule has 3 rings (SSSR count). The molecule has 0 radical (unpaired) electrons. The molecule has 0 aliphatic rings. The van der Waals surface area contributed by atoms with Gasteiger partial charge in [-0.05, 0) is 41.5 Å². The van der Waals surface area contributed by atoms with Gasteiger partial charge in [0.05, 0.1) is 15.7 Å². The second kappa shape index (κ2) is 6.82. The van der Waals surface area contributed by atoms with Gasteiger partial charge in [0.15, 0.2) is 0 Å². The predicted octanol–water partition coefficient (Wildman–Crippen LogP) is 5.31. The average molecular weight is 343 g/mol. The summed E-state index contributed by atoms with van der Waals surface area (Å²) in [5.41, 5.74) is 3.02. The van der Waals surface area contributed by atoms with E-state index >= 15 is 0 Å². The standard InChI is InChI=1S/C18H12Cl2N2O/c19-15-4-1-5-16(17(15)20)22-18(23)13-8-6-12(7-9-13)14-3-2-10-21-11-14/h1-11H,(H,22,23). The highest BCUT2D eigenvalue weighted by atomic mass is 35.5. The Morgan fingerprint density at radius 2 is 1.70 bits per heavy atom. The van der Waals surface area contributed by atoms with Crippen molar-refractivity contribution in [2.75, 3.05) is 5.32 Å². The maximum absolute atomic E-state index is 12.3. The van der Waals surface area contributed by atoms with E-state index in [2.05, 4.69) is 10.3 Å². The highest BCUT2D eigenvalue weighted by Gasteiger charge is 2.10. The minimum atomic E-state index is -0.244. The van der Waals surface area contributed by atoms with Gasteiger partial charge >= 0.3 is 0 Å². The van der Waals surface area contributed by atoms with Crippen LogP contribution in [0.4, 0.5) is 5.69 Å². The summed E-state index contributed by atoms with van der Waals surface area (Å²) in [5, 5.41) is 3.49. The fourth-order valence-electron chi connectivity index (χ4n) is 2.14. The fraction of sp³-hybridized carbons (Fsp3) is 0. The van der Waals surface area contributed by atoms with E-state index in [1.807, 2.05) is 24.3 Å². The lowest BCUT2D eigenvalue weighted by Crippen LogP contribution is -2.12. The van der Waals surface area contributed by atoms with E-state index < -0.39 is 0 Å². The molecule has 1 N–H and O–H groups in total. The first-order valence-corrected chi connectivity index (χ1v) is 7.66. The lowest BCUT2D eigenvalue weighted by Gasteiger charge is -2.09. The highest BCUT2D eigenvalue weighted by molar-refractivity contribution is 6.44. The second-order valence-electron chi connectivity index (χ2n) is 4.87. The van der Waals surface area contributed by atoms with Crippen molar-refractivity contribution in [2.45, 2.75) is 0 Å². The Morgan fingerprint density at radius 3 is 2.39 bits per heavy atom. The highest BCUT2D eigenvalue weighted by Crippen LogP contribution is 2.30. The molecule has 0 unspecified atom stereocenters. The predicted molar refractivity (Wildman–Crippen MR) is 94.1 cm³/mol. The van der Waals surface area contributed by atoms with Crippen LogP contribution in [0.15, 0.2) is 67.0 Å². The molecule has 1 aromatic heterocycles. The number of carbonyl (C=O) groups is 1. The largest absolute Gasteiger partial charge is 0.321 e. The van der Waals surface area contributed by atoms with Crippen molar-refractivity contribution in [2.24, 2.45) is 0 Å². The quantitative estimate of drug-likeness (QED) is 0.700. The van der Waals surface area contributed by atoms with Gasteiger partial charge in [0.25, 0.3) is 5.91 Å². The zero-order valence-electron chi connectivity index (χ0n) is 12.0. The number of hydrogen-bond donors (Lipinski definition) is 1. The summed E-state index contributed by atoms with van der Waals surface area (Å²) in [6.07, 6.45) is 3.50. The number of halogens is 2. The zero-order valence-corrected chi connectivity index (χ0v) is 13.5. The summed E-state index contributed by atoms with van der Waals surface area (Å²) in [4.78, 5) is 16.4. The topological polar surface area (TPSA) is 42.0 Å². The molecule has 2 aromatic carbocycles. The van der Waals surface area contributed by atoms with Crippen LogP contribution in [0, 0.1) is 0 Å². The maximum Gasteiger partial charge on any atom is 0.255 e. The molecule has 0 spiro atoms. The average Bonchev–Trinajstić information content (AvgIpc) is 2.60. The number of aromatic nitrogens is 1. The monoisotopic (exact) mass is 342 g/mol. The first-order chi connectivity index (χ1) is 11.1. The summed E-state index contributed by atoms with van der Waals surface area (Å²) in [6, 6.07) is 16.2. The van der Waals surface area contributed by atoms with Gasteiger partial charge in [0.2, 0.25) is 0 Å². The molecular formula is C18H12Cl2N2O. The van der Waals surface area contributed by atoms with Crippen LogP contribution in [0.1, 0.15) is 10.4 Å². The Morgan fingerprint density at radius 1 is 0.913 bits per heavy atom. The Kier molecular flexibility index (Phi) is 4.60. The van der Waals surface area contributed by atoms with E-state index in [0.29, 0.717) is 21.3 Å². The molecular weight excluding hydrogens is 331 g/mol. The molecule has 0 fully saturated rings. The Bertz CT molecular complexity index is 833. The van der Waals surface area contributed by atoms with Crippen molar-refractivity contribution >= 4 is 34.8 Å². The van der Waals surface area contributed by atoms with E-state index in [9.17, 15) is 4.79 Å². The van der Waals surface area contributed by atoms with Crippen LogP contribution in [0.3, 0.4) is 0 Å². The molecule has 1 heterocycles. The lowest BCUT2D eigenvalue weighted by atomic mass is 10.1. The molecule has 0 saturated heterocycles. The van der Waals surface area contributed by atoms with Crippen molar-refractivity contribution in [1.29, 1.82) is 0 Å². The molecule has 0 aliphatic heterocycles. The molecule has 5 heteroatoms. The van der Waals surface area contributed by atoms with E-state index in [1.165, 1.54) is 0 Å².